The van der Waals surface area contributed by atoms with Crippen molar-refractivity contribution in [3.63, 3.8) is 0 Å². The van der Waals surface area contributed by atoms with Crippen LogP contribution in [0.5, 0.6) is 0 Å². The van der Waals surface area contributed by atoms with Crippen molar-refractivity contribution in [3.8, 4) is 0 Å². The summed E-state index contributed by atoms with van der Waals surface area (Å²) in [6.07, 6.45) is 0.486. The van der Waals surface area contributed by atoms with E-state index in [0.717, 1.165) is 16.9 Å². The number of fused-ring (bicyclic) bond motifs is 1. The van der Waals surface area contributed by atoms with Gasteiger partial charge in [0.05, 0.1) is 17.5 Å². The quantitative estimate of drug-likeness (QED) is 0.589. The van der Waals surface area contributed by atoms with Gasteiger partial charge in [-0.25, -0.2) is 9.78 Å². The number of para-hydroxylation sites is 2. The number of aromatic amines is 1. The summed E-state index contributed by atoms with van der Waals surface area (Å²) in [6, 6.07) is 6.56. The van der Waals surface area contributed by atoms with Crippen LogP contribution in [0.4, 0.5) is 4.79 Å². The molecule has 9 heteroatoms. The Bertz CT molecular complexity index is 785. The summed E-state index contributed by atoms with van der Waals surface area (Å²) >= 11 is 0. The van der Waals surface area contributed by atoms with Crippen LogP contribution < -0.4 is 16.0 Å². The molecule has 1 atom stereocenters. The van der Waals surface area contributed by atoms with Crippen molar-refractivity contribution >= 4 is 28.9 Å². The molecule has 26 heavy (non-hydrogen) atoms. The molecular formula is C17H22N6O3. The van der Waals surface area contributed by atoms with Crippen LogP contribution in [0.2, 0.25) is 0 Å². The molecule has 0 unspecified atom stereocenters. The number of hydrogen-bond acceptors (Lipinski definition) is 4. The SMILES string of the molecule is CNC(=O)C[C@H]1C(=O)NCCN1C(=O)NCCc1nc2ccccc2[nH]1. The lowest BCUT2D eigenvalue weighted by atomic mass is 10.1. The number of nitrogens with zero attached hydrogens (tertiary/aromatic N) is 2. The summed E-state index contributed by atoms with van der Waals surface area (Å²) in [4.78, 5) is 45.2. The van der Waals surface area contributed by atoms with Crippen molar-refractivity contribution in [2.24, 2.45) is 0 Å². The van der Waals surface area contributed by atoms with E-state index < -0.39 is 6.04 Å². The van der Waals surface area contributed by atoms with Crippen LogP contribution in [0, 0.1) is 0 Å². The maximum absolute atomic E-state index is 12.5. The highest BCUT2D eigenvalue weighted by molar-refractivity contribution is 5.92. The first-order valence-corrected chi connectivity index (χ1v) is 8.55. The second kappa shape index (κ2) is 7.85. The minimum Gasteiger partial charge on any atom is -0.359 e. The van der Waals surface area contributed by atoms with Crippen LogP contribution in [0.25, 0.3) is 11.0 Å². The van der Waals surface area contributed by atoms with Gasteiger partial charge in [-0.2, -0.15) is 0 Å². The van der Waals surface area contributed by atoms with Crippen LogP contribution in [-0.2, 0) is 16.0 Å². The predicted molar refractivity (Wildman–Crippen MR) is 95.4 cm³/mol. The first-order valence-electron chi connectivity index (χ1n) is 8.55. The maximum Gasteiger partial charge on any atom is 0.318 e. The highest BCUT2D eigenvalue weighted by Gasteiger charge is 2.34. The minimum absolute atomic E-state index is 0.0562. The third-order valence-electron chi connectivity index (χ3n) is 4.33. The molecular weight excluding hydrogens is 336 g/mol. The van der Waals surface area contributed by atoms with Crippen molar-refractivity contribution in [2.75, 3.05) is 26.7 Å². The molecule has 3 rings (SSSR count). The molecule has 4 N–H and O–H groups in total. The molecule has 0 bridgehead atoms. The molecule has 9 nitrogen and oxygen atoms in total. The van der Waals surface area contributed by atoms with Crippen molar-refractivity contribution < 1.29 is 14.4 Å². The highest BCUT2D eigenvalue weighted by Crippen LogP contribution is 2.11. The van der Waals surface area contributed by atoms with Gasteiger partial charge in [0.15, 0.2) is 0 Å². The van der Waals surface area contributed by atoms with E-state index in [4.69, 9.17) is 0 Å². The summed E-state index contributed by atoms with van der Waals surface area (Å²) < 4.78 is 0. The van der Waals surface area contributed by atoms with E-state index in [1.165, 1.54) is 11.9 Å². The van der Waals surface area contributed by atoms with Gasteiger partial charge in [0.1, 0.15) is 11.9 Å². The van der Waals surface area contributed by atoms with Gasteiger partial charge in [0.25, 0.3) is 0 Å². The number of H-pyrrole nitrogens is 1. The van der Waals surface area contributed by atoms with Gasteiger partial charge < -0.3 is 25.8 Å². The molecule has 0 spiro atoms. The number of imidazole rings is 1. The normalized spacial score (nSPS) is 17.0. The number of aromatic nitrogens is 2. The van der Waals surface area contributed by atoms with E-state index >= 15 is 0 Å². The zero-order chi connectivity index (χ0) is 18.5. The summed E-state index contributed by atoms with van der Waals surface area (Å²) in [5.74, 6) is 0.184. The Morgan fingerprint density at radius 1 is 1.35 bits per heavy atom. The molecule has 1 aromatic heterocycles. The maximum atomic E-state index is 12.5. The lowest BCUT2D eigenvalue weighted by molar-refractivity contribution is -0.132. The summed E-state index contributed by atoms with van der Waals surface area (Å²) in [5.41, 5.74) is 1.83. The molecule has 138 valence electrons. The number of nitrogens with one attached hydrogen (secondary N) is 4. The average molecular weight is 358 g/mol. The second-order valence-corrected chi connectivity index (χ2v) is 6.06. The summed E-state index contributed by atoms with van der Waals surface area (Å²) in [6.45, 7) is 1.12. The topological polar surface area (TPSA) is 119 Å². The minimum atomic E-state index is -0.796. The van der Waals surface area contributed by atoms with Crippen molar-refractivity contribution in [1.29, 1.82) is 0 Å². The molecule has 1 fully saturated rings. The second-order valence-electron chi connectivity index (χ2n) is 6.06. The van der Waals surface area contributed by atoms with E-state index in [-0.39, 0.29) is 24.3 Å². The number of carbonyl (C=O) groups is 3. The average Bonchev–Trinajstić information content (AvgIpc) is 3.05. The molecule has 1 aliphatic heterocycles. The third kappa shape index (κ3) is 3.93. The molecule has 2 heterocycles. The molecule has 1 saturated heterocycles. The van der Waals surface area contributed by atoms with Crippen LogP contribution in [0.1, 0.15) is 12.2 Å². The zero-order valence-corrected chi connectivity index (χ0v) is 14.5. The van der Waals surface area contributed by atoms with Gasteiger partial charge in [0, 0.05) is 33.1 Å². The molecule has 1 aliphatic rings. The van der Waals surface area contributed by atoms with Gasteiger partial charge in [0.2, 0.25) is 11.8 Å². The predicted octanol–water partition coefficient (Wildman–Crippen LogP) is -0.248. The monoisotopic (exact) mass is 358 g/mol. The fourth-order valence-corrected chi connectivity index (χ4v) is 2.95. The first kappa shape index (κ1) is 17.7. The van der Waals surface area contributed by atoms with E-state index in [0.29, 0.717) is 26.1 Å². The van der Waals surface area contributed by atoms with Gasteiger partial charge >= 0.3 is 6.03 Å². The van der Waals surface area contributed by atoms with Crippen LogP contribution in [0.3, 0.4) is 0 Å². The Kier molecular flexibility index (Phi) is 5.35. The molecule has 4 amide bonds. The first-order chi connectivity index (χ1) is 12.6. The number of carbonyl (C=O) groups excluding carboxylic acids is 3. The van der Waals surface area contributed by atoms with E-state index in [9.17, 15) is 14.4 Å². The van der Waals surface area contributed by atoms with Crippen molar-refractivity contribution in [2.45, 2.75) is 18.9 Å². The molecule has 2 aromatic rings. The number of urea groups is 1. The van der Waals surface area contributed by atoms with Gasteiger partial charge in [-0.05, 0) is 12.1 Å². The van der Waals surface area contributed by atoms with Crippen LogP contribution >= 0.6 is 0 Å². The lowest BCUT2D eigenvalue weighted by Gasteiger charge is -2.34. The summed E-state index contributed by atoms with van der Waals surface area (Å²) in [5, 5.41) is 7.97. The number of hydrogen-bond donors (Lipinski definition) is 4. The smallest absolute Gasteiger partial charge is 0.318 e. The molecule has 0 saturated carbocycles. The Labute approximate surface area is 150 Å². The van der Waals surface area contributed by atoms with Gasteiger partial charge in [-0.15, -0.1) is 0 Å². The largest absolute Gasteiger partial charge is 0.359 e. The number of rotatable bonds is 5. The Balaban J connectivity index is 1.57. The van der Waals surface area contributed by atoms with Crippen LogP contribution in [-0.4, -0.2) is 65.4 Å². The fourth-order valence-electron chi connectivity index (χ4n) is 2.95. The van der Waals surface area contributed by atoms with Crippen molar-refractivity contribution in [1.82, 2.24) is 30.8 Å². The number of amides is 4. The Morgan fingerprint density at radius 3 is 2.92 bits per heavy atom. The lowest BCUT2D eigenvalue weighted by Crippen LogP contribution is -2.60. The standard InChI is InChI=1S/C17H22N6O3/c1-18-15(24)10-13-16(25)19-8-9-23(13)17(26)20-7-6-14-21-11-4-2-3-5-12(11)22-14/h2-5,13H,6-10H2,1H3,(H,18,24)(H,19,25)(H,20,26)(H,21,22)/t13-/m0/s1. The third-order valence-corrected chi connectivity index (χ3v) is 4.33. The molecule has 0 aliphatic carbocycles. The Morgan fingerprint density at radius 2 is 2.15 bits per heavy atom. The number of benzene rings is 1. The summed E-state index contributed by atoms with van der Waals surface area (Å²) in [7, 11) is 1.50. The van der Waals surface area contributed by atoms with Gasteiger partial charge in [-0.1, -0.05) is 12.1 Å². The highest BCUT2D eigenvalue weighted by atomic mass is 16.2. The molecule has 0 radical (unpaired) electrons. The molecule has 1 aromatic carbocycles. The Hall–Kier alpha value is -3.10. The zero-order valence-electron chi connectivity index (χ0n) is 14.5. The van der Waals surface area contributed by atoms with Gasteiger partial charge in [-0.3, -0.25) is 9.59 Å². The fraction of sp³-hybridized carbons (Fsp3) is 0.412. The van der Waals surface area contributed by atoms with E-state index in [1.807, 2.05) is 24.3 Å². The van der Waals surface area contributed by atoms with E-state index in [1.54, 1.807) is 0 Å². The van der Waals surface area contributed by atoms with E-state index in [2.05, 4.69) is 25.9 Å². The van der Waals surface area contributed by atoms with Crippen LogP contribution in [0.15, 0.2) is 24.3 Å². The number of piperazine rings is 1. The van der Waals surface area contributed by atoms with Crippen molar-refractivity contribution in [3.05, 3.63) is 30.1 Å².